The molecule has 0 atom stereocenters. The third-order valence-electron chi connectivity index (χ3n) is 9.45. The van der Waals surface area contributed by atoms with E-state index in [-0.39, 0.29) is 19.3 Å². The van der Waals surface area contributed by atoms with Crippen LogP contribution in [0.5, 0.6) is 0 Å². The molecule has 0 aromatic carbocycles. The Morgan fingerprint density at radius 2 is 0.761 bits per heavy atom. The maximum absolute atomic E-state index is 11.0. The van der Waals surface area contributed by atoms with Gasteiger partial charge in [-0.2, -0.15) is 0 Å². The second-order valence-corrected chi connectivity index (χ2v) is 13.8. The zero-order chi connectivity index (χ0) is 34.0. The van der Waals surface area contributed by atoms with Crippen LogP contribution in [0.3, 0.4) is 0 Å². The minimum absolute atomic E-state index is 0.0605. The Kier molecular flexibility index (Phi) is 31.7. The number of nitrogens with zero attached hydrogens (tertiary/aromatic N) is 1. The smallest absolute Gasteiger partial charge is 0.303 e. The van der Waals surface area contributed by atoms with Crippen molar-refractivity contribution in [2.75, 3.05) is 26.2 Å². The lowest BCUT2D eigenvalue weighted by Crippen LogP contribution is -2.51. The standard InChI is InChI=1S/C39H73NO6/c1-2-3-4-5-6-7-8-9-10-11-12-13-14-15-16-17-18-19-20-21-22-26-33-40(34-27-23-30-37(41)42,35-28-24-31-38(43)44)36-29-25-32-39(45)46/h17-18H,2-16,19-36H2,1H3,(H2-,41,42,43,44,45,46)/b18-17+. The monoisotopic (exact) mass is 652 g/mol. The SMILES string of the molecule is CCCCCCCCCCCCCCCC/C=C/CCCCCC[N+](CCCCC(=O)[O-])(CCCCC(=O)O)CCCCC(=O)O. The van der Waals surface area contributed by atoms with Crippen LogP contribution in [-0.4, -0.2) is 58.8 Å². The van der Waals surface area contributed by atoms with Gasteiger partial charge in [-0.25, -0.2) is 0 Å². The number of carboxylic acids is 3. The van der Waals surface area contributed by atoms with Gasteiger partial charge in [0.15, 0.2) is 0 Å². The molecule has 7 nitrogen and oxygen atoms in total. The van der Waals surface area contributed by atoms with Crippen molar-refractivity contribution in [3.63, 3.8) is 0 Å². The molecule has 270 valence electrons. The van der Waals surface area contributed by atoms with Crippen molar-refractivity contribution in [2.24, 2.45) is 0 Å². The number of carbonyl (C=O) groups is 3. The van der Waals surface area contributed by atoms with Gasteiger partial charge in [-0.15, -0.1) is 0 Å². The van der Waals surface area contributed by atoms with Crippen molar-refractivity contribution in [3.05, 3.63) is 12.2 Å². The third kappa shape index (κ3) is 32.1. The molecule has 0 unspecified atom stereocenters. The number of quaternary nitrogens is 1. The van der Waals surface area contributed by atoms with Gasteiger partial charge >= 0.3 is 11.9 Å². The number of hydrogen-bond donors (Lipinski definition) is 2. The largest absolute Gasteiger partial charge is 0.550 e. The van der Waals surface area contributed by atoms with Crippen LogP contribution in [0.25, 0.3) is 0 Å². The lowest BCUT2D eigenvalue weighted by atomic mass is 10.0. The molecule has 0 heterocycles. The first-order valence-corrected chi connectivity index (χ1v) is 19.4. The Morgan fingerprint density at radius 3 is 1.11 bits per heavy atom. The molecular formula is C39H73NO6. The molecular weight excluding hydrogens is 578 g/mol. The summed E-state index contributed by atoms with van der Waals surface area (Å²) in [5.41, 5.74) is 0. The van der Waals surface area contributed by atoms with E-state index in [4.69, 9.17) is 10.2 Å². The van der Waals surface area contributed by atoms with Gasteiger partial charge in [0.25, 0.3) is 0 Å². The molecule has 2 N–H and O–H groups in total. The van der Waals surface area contributed by atoms with Crippen LogP contribution in [0, 0.1) is 0 Å². The summed E-state index contributed by atoms with van der Waals surface area (Å²) in [6.45, 7) is 5.86. The molecule has 0 aliphatic rings. The van der Waals surface area contributed by atoms with Crippen LogP contribution in [0.1, 0.15) is 193 Å². The second-order valence-electron chi connectivity index (χ2n) is 13.8. The Morgan fingerprint density at radius 1 is 0.457 bits per heavy atom. The number of carbonyl (C=O) groups excluding carboxylic acids is 1. The fraction of sp³-hybridized carbons (Fsp3) is 0.872. The van der Waals surface area contributed by atoms with Crippen LogP contribution in [0.4, 0.5) is 0 Å². The van der Waals surface area contributed by atoms with Gasteiger partial charge < -0.3 is 24.6 Å². The molecule has 0 radical (unpaired) electrons. The lowest BCUT2D eigenvalue weighted by molar-refractivity contribution is -0.929. The molecule has 0 aliphatic carbocycles. The van der Waals surface area contributed by atoms with Crippen LogP contribution in [0.15, 0.2) is 12.2 Å². The van der Waals surface area contributed by atoms with Gasteiger partial charge in [-0.3, -0.25) is 9.59 Å². The van der Waals surface area contributed by atoms with E-state index in [1.54, 1.807) is 0 Å². The predicted octanol–water partition coefficient (Wildman–Crippen LogP) is 9.61. The molecule has 0 aromatic heterocycles. The minimum atomic E-state index is -1.02. The average Bonchev–Trinajstić information content (AvgIpc) is 3.02. The van der Waals surface area contributed by atoms with E-state index < -0.39 is 17.9 Å². The van der Waals surface area contributed by atoms with Gasteiger partial charge in [0.2, 0.25) is 0 Å². The molecule has 7 heteroatoms. The van der Waals surface area contributed by atoms with E-state index in [0.717, 1.165) is 69.2 Å². The van der Waals surface area contributed by atoms with Crippen molar-refractivity contribution in [1.29, 1.82) is 0 Å². The molecule has 0 saturated heterocycles. The Labute approximate surface area is 283 Å². The molecule has 0 aliphatic heterocycles. The maximum Gasteiger partial charge on any atom is 0.303 e. The second kappa shape index (κ2) is 33.0. The summed E-state index contributed by atoms with van der Waals surface area (Å²) < 4.78 is 0.839. The van der Waals surface area contributed by atoms with Gasteiger partial charge in [0.05, 0.1) is 26.2 Å². The Balaban J connectivity index is 4.20. The number of carboxylic acid groups (broad SMARTS) is 3. The Hall–Kier alpha value is -1.89. The fourth-order valence-corrected chi connectivity index (χ4v) is 6.59. The maximum atomic E-state index is 11.0. The summed E-state index contributed by atoms with van der Waals surface area (Å²) in [7, 11) is 0. The van der Waals surface area contributed by atoms with E-state index in [1.807, 2.05) is 0 Å². The summed E-state index contributed by atoms with van der Waals surface area (Å²) in [6.07, 6.45) is 35.9. The molecule has 0 amide bonds. The number of hydrogen-bond acceptors (Lipinski definition) is 4. The first-order valence-electron chi connectivity index (χ1n) is 19.4. The zero-order valence-corrected chi connectivity index (χ0v) is 30.0. The highest BCUT2D eigenvalue weighted by Crippen LogP contribution is 2.19. The van der Waals surface area contributed by atoms with Crippen molar-refractivity contribution < 1.29 is 34.2 Å². The quantitative estimate of drug-likeness (QED) is 0.0393. The molecule has 0 bridgehead atoms. The summed E-state index contributed by atoms with van der Waals surface area (Å²) in [5, 5.41) is 29.0. The van der Waals surface area contributed by atoms with Gasteiger partial charge in [0, 0.05) is 18.8 Å². The highest BCUT2D eigenvalue weighted by molar-refractivity contribution is 5.66. The van der Waals surface area contributed by atoms with Gasteiger partial charge in [-0.1, -0.05) is 109 Å². The normalized spacial score (nSPS) is 11.8. The zero-order valence-electron chi connectivity index (χ0n) is 30.0. The highest BCUT2D eigenvalue weighted by atomic mass is 16.4. The molecule has 0 aromatic rings. The summed E-state index contributed by atoms with van der Waals surface area (Å²) in [6, 6.07) is 0. The number of aliphatic carboxylic acids is 3. The molecule has 0 saturated carbocycles. The van der Waals surface area contributed by atoms with Crippen molar-refractivity contribution in [2.45, 2.75) is 193 Å². The van der Waals surface area contributed by atoms with Crippen LogP contribution < -0.4 is 5.11 Å². The molecule has 0 spiro atoms. The van der Waals surface area contributed by atoms with Crippen LogP contribution >= 0.6 is 0 Å². The number of allylic oxidation sites excluding steroid dienone is 2. The predicted molar refractivity (Wildman–Crippen MR) is 189 cm³/mol. The summed E-state index contributed by atoms with van der Waals surface area (Å²) in [4.78, 5) is 33.0. The first-order chi connectivity index (χ1) is 22.3. The van der Waals surface area contributed by atoms with E-state index in [9.17, 15) is 19.5 Å². The summed E-state index contributed by atoms with van der Waals surface area (Å²) >= 11 is 0. The first kappa shape index (κ1) is 44.1. The Bertz CT molecular complexity index is 698. The molecule has 0 fully saturated rings. The third-order valence-corrected chi connectivity index (χ3v) is 9.45. The van der Waals surface area contributed by atoms with Gasteiger partial charge in [0.1, 0.15) is 0 Å². The lowest BCUT2D eigenvalue weighted by Gasteiger charge is -2.39. The van der Waals surface area contributed by atoms with E-state index in [2.05, 4.69) is 19.1 Å². The van der Waals surface area contributed by atoms with Crippen LogP contribution in [-0.2, 0) is 14.4 Å². The van der Waals surface area contributed by atoms with Crippen molar-refractivity contribution in [1.82, 2.24) is 0 Å². The molecule has 46 heavy (non-hydrogen) atoms. The van der Waals surface area contributed by atoms with Crippen molar-refractivity contribution >= 4 is 17.9 Å². The molecule has 0 rings (SSSR count). The van der Waals surface area contributed by atoms with Gasteiger partial charge in [-0.05, 0) is 83.5 Å². The van der Waals surface area contributed by atoms with E-state index in [1.165, 1.54) is 109 Å². The van der Waals surface area contributed by atoms with Crippen LogP contribution in [0.2, 0.25) is 0 Å². The number of unbranched alkanes of at least 4 members (excludes halogenated alkanes) is 21. The average molecular weight is 652 g/mol. The highest BCUT2D eigenvalue weighted by Gasteiger charge is 2.26. The van der Waals surface area contributed by atoms with Crippen molar-refractivity contribution in [3.8, 4) is 0 Å². The minimum Gasteiger partial charge on any atom is -0.550 e. The van der Waals surface area contributed by atoms with E-state index >= 15 is 0 Å². The summed E-state index contributed by atoms with van der Waals surface area (Å²) in [5.74, 6) is -2.57. The topological polar surface area (TPSA) is 115 Å². The fourth-order valence-electron chi connectivity index (χ4n) is 6.59. The van der Waals surface area contributed by atoms with E-state index in [0.29, 0.717) is 19.3 Å². The number of rotatable bonds is 37.